The molecule has 0 aromatic heterocycles. The molecule has 1 rings (SSSR count). The second-order valence-corrected chi connectivity index (χ2v) is 2.41. The molecule has 0 spiro atoms. The van der Waals surface area contributed by atoms with E-state index < -0.39 is 0 Å². The van der Waals surface area contributed by atoms with Crippen LogP contribution in [0.1, 0.15) is 22.8 Å². The topological polar surface area (TPSA) is 61.3 Å². The monoisotopic (exact) mass is 191 g/mol. The maximum Gasteiger partial charge on any atom is 0.339 e. The van der Waals surface area contributed by atoms with Gasteiger partial charge in [0.2, 0.25) is 0 Å². The summed E-state index contributed by atoms with van der Waals surface area (Å²) in [5.41, 5.74) is 1.22. The minimum absolute atomic E-state index is 0. The van der Waals surface area contributed by atoms with Crippen molar-refractivity contribution in [3.63, 3.8) is 0 Å². The van der Waals surface area contributed by atoms with E-state index in [2.05, 4.69) is 16.6 Å². The fraction of sp³-hybridized carbons (Fsp3) is 0.182. The van der Waals surface area contributed by atoms with Crippen LogP contribution in [0.15, 0.2) is 24.3 Å². The van der Waals surface area contributed by atoms with E-state index in [0.717, 1.165) is 0 Å². The molecule has 14 heavy (non-hydrogen) atoms. The first-order chi connectivity index (χ1) is 6.29. The Morgan fingerprint density at radius 2 is 2.00 bits per heavy atom. The highest BCUT2D eigenvalue weighted by Crippen LogP contribution is 2.08. The molecule has 0 aliphatic carbocycles. The van der Waals surface area contributed by atoms with Crippen molar-refractivity contribution < 1.29 is 9.53 Å². The molecule has 74 valence electrons. The maximum absolute atomic E-state index is 11.2. The zero-order valence-electron chi connectivity index (χ0n) is 8.33. The van der Waals surface area contributed by atoms with Crippen LogP contribution in [0.3, 0.4) is 0 Å². The highest BCUT2D eigenvalue weighted by atomic mass is 16.5. The van der Waals surface area contributed by atoms with E-state index in [1.54, 1.807) is 25.1 Å². The predicted molar refractivity (Wildman–Crippen MR) is 55.4 cm³/mol. The zero-order valence-corrected chi connectivity index (χ0v) is 8.33. The Morgan fingerprint density at radius 3 is 2.57 bits per heavy atom. The minimum atomic E-state index is -0.349. The van der Waals surface area contributed by atoms with Gasteiger partial charge in [0.15, 0.2) is 0 Å². The summed E-state index contributed by atoms with van der Waals surface area (Å²) >= 11 is 0. The first kappa shape index (κ1) is 12.2. The summed E-state index contributed by atoms with van der Waals surface area (Å²) in [6.45, 7) is 1.73. The van der Waals surface area contributed by atoms with Gasteiger partial charge in [-0.2, -0.15) is 0 Å². The second-order valence-electron chi connectivity index (χ2n) is 2.41. The Balaban J connectivity index is 0.00000169. The summed E-state index contributed by atoms with van der Waals surface area (Å²) < 4.78 is 4.62. The lowest BCUT2D eigenvalue weighted by Crippen LogP contribution is -2.03. The summed E-state index contributed by atoms with van der Waals surface area (Å²) in [5, 5.41) is 0. The maximum atomic E-state index is 11.2. The predicted octanol–water partition coefficient (Wildman–Crippen LogP) is 2.01. The van der Waals surface area contributed by atoms with Gasteiger partial charge in [-0.05, 0) is 19.1 Å². The Kier molecular flexibility index (Phi) is 5.05. The zero-order chi connectivity index (χ0) is 9.68. The molecule has 1 aromatic rings. The van der Waals surface area contributed by atoms with E-state index in [9.17, 15) is 4.79 Å². The van der Waals surface area contributed by atoms with Crippen LogP contribution in [0, 0.1) is 11.8 Å². The number of carbonyl (C=O) groups excluding carboxylic acids is 1. The van der Waals surface area contributed by atoms with Crippen molar-refractivity contribution in [2.24, 2.45) is 0 Å². The van der Waals surface area contributed by atoms with Crippen LogP contribution >= 0.6 is 0 Å². The van der Waals surface area contributed by atoms with Gasteiger partial charge in [-0.1, -0.05) is 18.1 Å². The number of esters is 1. The van der Waals surface area contributed by atoms with Gasteiger partial charge in [0.25, 0.3) is 0 Å². The molecule has 0 fully saturated rings. The molecule has 0 radical (unpaired) electrons. The van der Waals surface area contributed by atoms with Crippen LogP contribution < -0.4 is 6.15 Å². The van der Waals surface area contributed by atoms with Crippen molar-refractivity contribution in [3.05, 3.63) is 35.4 Å². The lowest BCUT2D eigenvalue weighted by atomic mass is 10.1. The van der Waals surface area contributed by atoms with Crippen LogP contribution in [0.4, 0.5) is 0 Å². The van der Waals surface area contributed by atoms with Crippen molar-refractivity contribution >= 4 is 5.97 Å². The van der Waals surface area contributed by atoms with Gasteiger partial charge in [0.05, 0.1) is 12.7 Å². The third-order valence-corrected chi connectivity index (χ3v) is 1.59. The van der Waals surface area contributed by atoms with Gasteiger partial charge in [0, 0.05) is 5.56 Å². The Bertz CT molecular complexity index is 374. The first-order valence-corrected chi connectivity index (χ1v) is 3.89. The van der Waals surface area contributed by atoms with E-state index >= 15 is 0 Å². The number of hydrogen-bond donors (Lipinski definition) is 1. The molecule has 0 atom stereocenters. The summed E-state index contributed by atoms with van der Waals surface area (Å²) in [7, 11) is 1.36. The van der Waals surface area contributed by atoms with Crippen LogP contribution in [0.2, 0.25) is 0 Å². The number of methoxy groups -OCH3 is 1. The Hall–Kier alpha value is -1.79. The SMILES string of the molecule is CC#Cc1ccccc1C(=O)OC.N. The normalized spacial score (nSPS) is 7.86. The number of hydrogen-bond acceptors (Lipinski definition) is 3. The average Bonchev–Trinajstić information content (AvgIpc) is 2.18. The molecule has 0 amide bonds. The van der Waals surface area contributed by atoms with Crippen molar-refractivity contribution in [3.8, 4) is 11.8 Å². The smallest absolute Gasteiger partial charge is 0.339 e. The molecule has 0 saturated carbocycles. The molecule has 3 heteroatoms. The standard InChI is InChI=1S/C11H10O2.H3N/c1-3-6-9-7-4-5-8-10(9)11(12)13-2;/h4-5,7-8H,1-2H3;1H3. The lowest BCUT2D eigenvalue weighted by molar-refractivity contribution is 0.0600. The van der Waals surface area contributed by atoms with Gasteiger partial charge in [-0.3, -0.25) is 0 Å². The van der Waals surface area contributed by atoms with Crippen LogP contribution in [-0.2, 0) is 4.74 Å². The minimum Gasteiger partial charge on any atom is -0.465 e. The Labute approximate surface area is 83.7 Å². The summed E-state index contributed by atoms with van der Waals surface area (Å²) in [6, 6.07) is 7.12. The molecule has 3 nitrogen and oxygen atoms in total. The number of carbonyl (C=O) groups is 1. The summed E-state index contributed by atoms with van der Waals surface area (Å²) in [6.07, 6.45) is 0. The molecule has 3 N–H and O–H groups in total. The molecule has 0 bridgehead atoms. The van der Waals surface area contributed by atoms with Gasteiger partial charge in [-0.25, -0.2) is 4.79 Å². The fourth-order valence-electron chi connectivity index (χ4n) is 1.01. The quantitative estimate of drug-likeness (QED) is 0.545. The molecular weight excluding hydrogens is 178 g/mol. The van der Waals surface area contributed by atoms with E-state index in [0.29, 0.717) is 11.1 Å². The van der Waals surface area contributed by atoms with Gasteiger partial charge >= 0.3 is 5.97 Å². The number of benzene rings is 1. The van der Waals surface area contributed by atoms with Crippen LogP contribution in [0.5, 0.6) is 0 Å². The van der Waals surface area contributed by atoms with Crippen LogP contribution in [-0.4, -0.2) is 13.1 Å². The summed E-state index contributed by atoms with van der Waals surface area (Å²) in [4.78, 5) is 11.2. The van der Waals surface area contributed by atoms with Crippen molar-refractivity contribution in [2.75, 3.05) is 7.11 Å². The molecule has 0 heterocycles. The molecule has 0 aliphatic heterocycles. The van der Waals surface area contributed by atoms with E-state index in [1.165, 1.54) is 7.11 Å². The van der Waals surface area contributed by atoms with Gasteiger partial charge < -0.3 is 10.9 Å². The third-order valence-electron chi connectivity index (χ3n) is 1.59. The Morgan fingerprint density at radius 1 is 1.36 bits per heavy atom. The average molecular weight is 191 g/mol. The molecular formula is C11H13NO2. The van der Waals surface area contributed by atoms with E-state index in [4.69, 9.17) is 0 Å². The van der Waals surface area contributed by atoms with Gasteiger partial charge in [0.1, 0.15) is 0 Å². The van der Waals surface area contributed by atoms with E-state index in [1.807, 2.05) is 6.07 Å². The molecule has 0 saturated heterocycles. The lowest BCUT2D eigenvalue weighted by Gasteiger charge is -2.00. The van der Waals surface area contributed by atoms with Gasteiger partial charge in [-0.15, -0.1) is 5.92 Å². The highest BCUT2D eigenvalue weighted by molar-refractivity contribution is 5.92. The van der Waals surface area contributed by atoms with E-state index in [-0.39, 0.29) is 12.1 Å². The fourth-order valence-corrected chi connectivity index (χ4v) is 1.01. The summed E-state index contributed by atoms with van der Waals surface area (Å²) in [5.74, 6) is 5.24. The van der Waals surface area contributed by atoms with Crippen LogP contribution in [0.25, 0.3) is 0 Å². The van der Waals surface area contributed by atoms with Crippen molar-refractivity contribution in [1.29, 1.82) is 0 Å². The molecule has 0 unspecified atom stereocenters. The van der Waals surface area contributed by atoms with Crippen molar-refractivity contribution in [2.45, 2.75) is 6.92 Å². The number of ether oxygens (including phenoxy) is 1. The van der Waals surface area contributed by atoms with Crippen molar-refractivity contribution in [1.82, 2.24) is 6.15 Å². The molecule has 1 aromatic carbocycles. The first-order valence-electron chi connectivity index (χ1n) is 3.89. The third kappa shape index (κ3) is 2.61. The second kappa shape index (κ2) is 5.79. The largest absolute Gasteiger partial charge is 0.465 e. The number of rotatable bonds is 1. The molecule has 0 aliphatic rings. The highest BCUT2D eigenvalue weighted by Gasteiger charge is 2.08.